The van der Waals surface area contributed by atoms with Crippen LogP contribution in [-0.4, -0.2) is 38.2 Å². The number of halogens is 1. The Morgan fingerprint density at radius 1 is 1.39 bits per heavy atom. The number of benzene rings is 1. The van der Waals surface area contributed by atoms with Crippen molar-refractivity contribution in [3.63, 3.8) is 0 Å². The molecule has 0 aliphatic heterocycles. The summed E-state index contributed by atoms with van der Waals surface area (Å²) in [6.07, 6.45) is 1.20. The molecule has 18 heavy (non-hydrogen) atoms. The Morgan fingerprint density at radius 3 is 2.28 bits per heavy atom. The predicted octanol–water partition coefficient (Wildman–Crippen LogP) is 0.897. The highest BCUT2D eigenvalue weighted by atomic mass is 79.9. The normalized spacial score (nSPS) is 31.3. The van der Waals surface area contributed by atoms with E-state index in [0.29, 0.717) is 0 Å². The van der Waals surface area contributed by atoms with Crippen molar-refractivity contribution in [2.24, 2.45) is 11.1 Å². The molecule has 1 saturated carbocycles. The predicted molar refractivity (Wildman–Crippen MR) is 74.1 cm³/mol. The average Bonchev–Trinajstić information content (AvgIpc) is 3.00. The van der Waals surface area contributed by atoms with E-state index in [4.69, 9.17) is 5.73 Å². The van der Waals surface area contributed by atoms with Gasteiger partial charge >= 0.3 is 0 Å². The second kappa shape index (κ2) is 4.59. The first-order valence-corrected chi connectivity index (χ1v) is 8.37. The second-order valence-corrected chi connectivity index (χ2v) is 7.96. The van der Waals surface area contributed by atoms with Gasteiger partial charge in [0.15, 0.2) is 9.84 Å². The Kier molecular flexibility index (Phi) is 3.57. The molecular weight excluding hydrogens is 318 g/mol. The molecule has 0 saturated heterocycles. The van der Waals surface area contributed by atoms with E-state index in [9.17, 15) is 13.5 Å². The number of hydrogen-bond donors (Lipinski definition) is 2. The van der Waals surface area contributed by atoms with E-state index in [1.807, 2.05) is 24.3 Å². The summed E-state index contributed by atoms with van der Waals surface area (Å²) in [7, 11) is -3.22. The molecule has 0 spiro atoms. The minimum absolute atomic E-state index is 0.169. The van der Waals surface area contributed by atoms with E-state index in [-0.39, 0.29) is 19.1 Å². The molecule has 0 heterocycles. The first-order chi connectivity index (χ1) is 8.36. The monoisotopic (exact) mass is 333 g/mol. The maximum absolute atomic E-state index is 11.8. The molecule has 0 unspecified atom stereocenters. The van der Waals surface area contributed by atoms with E-state index >= 15 is 0 Å². The largest absolute Gasteiger partial charge is 0.396 e. The number of sulfone groups is 1. The van der Waals surface area contributed by atoms with Gasteiger partial charge < -0.3 is 10.8 Å². The molecule has 100 valence electrons. The summed E-state index contributed by atoms with van der Waals surface area (Å²) < 4.78 is 24.5. The highest BCUT2D eigenvalue weighted by molar-refractivity contribution is 9.10. The molecule has 2 rings (SSSR count). The summed E-state index contributed by atoms with van der Waals surface area (Å²) in [5.74, 6) is -0.212. The molecule has 1 aliphatic rings. The molecule has 0 aromatic heterocycles. The highest BCUT2D eigenvalue weighted by Gasteiger charge is 2.68. The fraction of sp³-hybridized carbons (Fsp3) is 0.500. The fourth-order valence-electron chi connectivity index (χ4n) is 2.80. The molecule has 1 aromatic rings. The third kappa shape index (κ3) is 2.11. The van der Waals surface area contributed by atoms with Crippen molar-refractivity contribution in [3.05, 3.63) is 34.3 Å². The molecule has 3 atom stereocenters. The van der Waals surface area contributed by atoms with E-state index < -0.39 is 20.5 Å². The van der Waals surface area contributed by atoms with Crippen LogP contribution >= 0.6 is 15.9 Å². The first kappa shape index (κ1) is 14.0. The van der Waals surface area contributed by atoms with Crippen molar-refractivity contribution >= 4 is 25.8 Å². The van der Waals surface area contributed by atoms with E-state index in [1.54, 1.807) is 0 Å². The zero-order valence-electron chi connectivity index (χ0n) is 10.0. The molecule has 0 amide bonds. The van der Waals surface area contributed by atoms with Gasteiger partial charge in [-0.25, -0.2) is 8.42 Å². The lowest BCUT2D eigenvalue weighted by molar-refractivity contribution is 0.212. The third-order valence-electron chi connectivity index (χ3n) is 3.74. The number of hydrogen-bond acceptors (Lipinski definition) is 4. The molecule has 3 N–H and O–H groups in total. The maximum atomic E-state index is 11.8. The van der Waals surface area contributed by atoms with Gasteiger partial charge in [0.1, 0.15) is 0 Å². The molecule has 0 radical (unpaired) electrons. The minimum Gasteiger partial charge on any atom is -0.396 e. The highest BCUT2D eigenvalue weighted by Crippen LogP contribution is 2.61. The topological polar surface area (TPSA) is 80.4 Å². The Balaban J connectivity index is 2.41. The van der Waals surface area contributed by atoms with E-state index in [1.165, 1.54) is 6.26 Å². The maximum Gasteiger partial charge on any atom is 0.151 e. The van der Waals surface area contributed by atoms with Crippen LogP contribution in [0, 0.1) is 5.41 Å². The number of rotatable bonds is 4. The van der Waals surface area contributed by atoms with Gasteiger partial charge in [0.2, 0.25) is 0 Å². The Hall–Kier alpha value is -0.430. The molecule has 1 aliphatic carbocycles. The lowest BCUT2D eigenvalue weighted by Crippen LogP contribution is -2.27. The van der Waals surface area contributed by atoms with Gasteiger partial charge in [-0.1, -0.05) is 28.1 Å². The van der Waals surface area contributed by atoms with Crippen molar-refractivity contribution in [3.8, 4) is 0 Å². The summed E-state index contributed by atoms with van der Waals surface area (Å²) in [5, 5.41) is 8.94. The van der Waals surface area contributed by atoms with Crippen LogP contribution < -0.4 is 5.73 Å². The number of aliphatic hydroxyl groups excluding tert-OH is 1. The van der Waals surface area contributed by atoms with Crippen LogP contribution in [0.25, 0.3) is 0 Å². The second-order valence-electron chi connectivity index (χ2n) is 4.87. The van der Waals surface area contributed by atoms with Gasteiger partial charge in [-0.3, -0.25) is 0 Å². The van der Waals surface area contributed by atoms with Crippen LogP contribution in [0.15, 0.2) is 28.7 Å². The Morgan fingerprint density at radius 2 is 1.94 bits per heavy atom. The lowest BCUT2D eigenvalue weighted by Gasteiger charge is -2.11. The molecule has 4 nitrogen and oxygen atoms in total. The van der Waals surface area contributed by atoms with Gasteiger partial charge in [0, 0.05) is 28.6 Å². The summed E-state index contributed by atoms with van der Waals surface area (Å²) in [6.45, 7) is -0.0378. The van der Waals surface area contributed by atoms with Gasteiger partial charge in [0.25, 0.3) is 0 Å². The standard InChI is InChI=1S/C12H16BrNO3S/c1-18(16,17)11-10(12(11,6-14)7-15)8-2-4-9(13)5-3-8/h2-5,10-11,15H,6-7,14H2,1H3/t10-,11-,12-/m1/s1. The lowest BCUT2D eigenvalue weighted by atomic mass is 10.0. The first-order valence-electron chi connectivity index (χ1n) is 5.62. The summed E-state index contributed by atoms with van der Waals surface area (Å²) >= 11 is 3.34. The van der Waals surface area contributed by atoms with Gasteiger partial charge in [0.05, 0.1) is 11.9 Å². The summed E-state index contributed by atoms with van der Waals surface area (Å²) in [6, 6.07) is 7.48. The van der Waals surface area contributed by atoms with Crippen LogP contribution in [0.5, 0.6) is 0 Å². The van der Waals surface area contributed by atoms with Crippen LogP contribution in [0.4, 0.5) is 0 Å². The third-order valence-corrected chi connectivity index (χ3v) is 5.94. The zero-order valence-corrected chi connectivity index (χ0v) is 12.4. The molecule has 1 fully saturated rings. The number of aliphatic hydroxyl groups is 1. The van der Waals surface area contributed by atoms with Gasteiger partial charge in [-0.05, 0) is 17.7 Å². The van der Waals surface area contributed by atoms with Crippen molar-refractivity contribution in [1.29, 1.82) is 0 Å². The quantitative estimate of drug-likeness (QED) is 0.857. The van der Waals surface area contributed by atoms with Crippen LogP contribution in [0.1, 0.15) is 11.5 Å². The molecular formula is C12H16BrNO3S. The fourth-order valence-corrected chi connectivity index (χ4v) is 5.08. The molecule has 6 heteroatoms. The Bertz CT molecular complexity index is 537. The van der Waals surface area contributed by atoms with Crippen LogP contribution in [-0.2, 0) is 9.84 Å². The van der Waals surface area contributed by atoms with Crippen molar-refractivity contribution in [1.82, 2.24) is 0 Å². The molecule has 1 aromatic carbocycles. The van der Waals surface area contributed by atoms with Crippen molar-refractivity contribution in [2.75, 3.05) is 19.4 Å². The van der Waals surface area contributed by atoms with Crippen molar-refractivity contribution < 1.29 is 13.5 Å². The Labute approximate surface area is 115 Å². The van der Waals surface area contributed by atoms with E-state index in [2.05, 4.69) is 15.9 Å². The van der Waals surface area contributed by atoms with Gasteiger partial charge in [-0.2, -0.15) is 0 Å². The van der Waals surface area contributed by atoms with E-state index in [0.717, 1.165) is 10.0 Å². The zero-order chi connectivity index (χ0) is 13.6. The minimum atomic E-state index is -3.22. The SMILES string of the molecule is CS(=O)(=O)[C@@H]1[C@@H](c2ccc(Br)cc2)[C@@]1(CN)CO. The van der Waals surface area contributed by atoms with Gasteiger partial charge in [-0.15, -0.1) is 0 Å². The molecule has 0 bridgehead atoms. The summed E-state index contributed by atoms with van der Waals surface area (Å²) in [4.78, 5) is 0. The summed E-state index contributed by atoms with van der Waals surface area (Å²) in [5.41, 5.74) is 5.88. The smallest absolute Gasteiger partial charge is 0.151 e. The van der Waals surface area contributed by atoms with Crippen molar-refractivity contribution in [2.45, 2.75) is 11.2 Å². The number of nitrogens with two attached hydrogens (primary N) is 1. The van der Waals surface area contributed by atoms with Crippen LogP contribution in [0.3, 0.4) is 0 Å². The van der Waals surface area contributed by atoms with Crippen LogP contribution in [0.2, 0.25) is 0 Å². The average molecular weight is 334 g/mol.